The molecule has 0 saturated carbocycles. The topological polar surface area (TPSA) is 50.8 Å². The molecule has 1 heterocycles. The van der Waals surface area contributed by atoms with Gasteiger partial charge < -0.3 is 19.7 Å². The number of carbonyl (C=O) groups excluding carboxylic acids is 1. The van der Waals surface area contributed by atoms with E-state index in [9.17, 15) is 4.79 Å². The highest BCUT2D eigenvalue weighted by molar-refractivity contribution is 5.74. The molecule has 0 spiro atoms. The largest absolute Gasteiger partial charge is 0.496 e. The van der Waals surface area contributed by atoms with E-state index in [1.54, 1.807) is 12.0 Å². The highest BCUT2D eigenvalue weighted by Crippen LogP contribution is 2.21. The molecule has 1 fully saturated rings. The first-order chi connectivity index (χ1) is 12.2. The quantitative estimate of drug-likeness (QED) is 0.908. The summed E-state index contributed by atoms with van der Waals surface area (Å²) in [6.45, 7) is 3.77. The first kappa shape index (κ1) is 17.1. The van der Waals surface area contributed by atoms with Gasteiger partial charge in [-0.15, -0.1) is 0 Å². The van der Waals surface area contributed by atoms with Crippen LogP contribution in [0.1, 0.15) is 17.5 Å². The fraction of sp³-hybridized carbons (Fsp3) is 0.350. The van der Waals surface area contributed by atoms with Crippen LogP contribution in [0.4, 0.5) is 4.79 Å². The van der Waals surface area contributed by atoms with Crippen LogP contribution in [0, 0.1) is 6.92 Å². The summed E-state index contributed by atoms with van der Waals surface area (Å²) in [6.07, 6.45) is 0.887. The van der Waals surface area contributed by atoms with Crippen LogP contribution >= 0.6 is 0 Å². The average molecular weight is 340 g/mol. The van der Waals surface area contributed by atoms with E-state index >= 15 is 0 Å². The van der Waals surface area contributed by atoms with E-state index < -0.39 is 0 Å². The molecular formula is C20H24N2O3. The zero-order chi connectivity index (χ0) is 17.6. The Morgan fingerprint density at radius 1 is 1.24 bits per heavy atom. The van der Waals surface area contributed by atoms with Crippen LogP contribution in [-0.4, -0.2) is 37.2 Å². The van der Waals surface area contributed by atoms with Crippen molar-refractivity contribution >= 4 is 6.03 Å². The van der Waals surface area contributed by atoms with Crippen molar-refractivity contribution in [2.24, 2.45) is 0 Å². The maximum absolute atomic E-state index is 12.4. The van der Waals surface area contributed by atoms with Crippen molar-refractivity contribution in [2.45, 2.75) is 26.0 Å². The summed E-state index contributed by atoms with van der Waals surface area (Å²) in [7, 11) is 1.64. The molecule has 0 aromatic heterocycles. The summed E-state index contributed by atoms with van der Waals surface area (Å²) in [6, 6.07) is 15.6. The Labute approximate surface area is 148 Å². The molecule has 0 radical (unpaired) electrons. The van der Waals surface area contributed by atoms with Crippen molar-refractivity contribution in [3.8, 4) is 11.5 Å². The fourth-order valence-electron chi connectivity index (χ4n) is 2.98. The van der Waals surface area contributed by atoms with E-state index in [0.29, 0.717) is 19.6 Å². The summed E-state index contributed by atoms with van der Waals surface area (Å²) in [5.74, 6) is 1.64. The lowest BCUT2D eigenvalue weighted by Crippen LogP contribution is -2.39. The monoisotopic (exact) mass is 340 g/mol. The molecule has 0 aliphatic carbocycles. The lowest BCUT2D eigenvalue weighted by atomic mass is 10.1. The van der Waals surface area contributed by atoms with Crippen LogP contribution in [0.5, 0.6) is 11.5 Å². The molecule has 5 nitrogen and oxygen atoms in total. The van der Waals surface area contributed by atoms with Gasteiger partial charge >= 0.3 is 6.03 Å². The van der Waals surface area contributed by atoms with Gasteiger partial charge in [0, 0.05) is 25.1 Å². The fourth-order valence-corrected chi connectivity index (χ4v) is 2.98. The lowest BCUT2D eigenvalue weighted by molar-refractivity contribution is 0.186. The summed E-state index contributed by atoms with van der Waals surface area (Å²) in [5, 5.41) is 2.97. The summed E-state index contributed by atoms with van der Waals surface area (Å²) < 4.78 is 11.3. The van der Waals surface area contributed by atoms with Gasteiger partial charge in [-0.25, -0.2) is 4.79 Å². The number of nitrogens with zero attached hydrogens (tertiary/aromatic N) is 1. The van der Waals surface area contributed by atoms with Gasteiger partial charge in [0.25, 0.3) is 0 Å². The third-order valence-electron chi connectivity index (χ3n) is 4.35. The van der Waals surface area contributed by atoms with Gasteiger partial charge in [0.15, 0.2) is 0 Å². The Morgan fingerprint density at radius 3 is 2.80 bits per heavy atom. The van der Waals surface area contributed by atoms with Crippen LogP contribution in [0.2, 0.25) is 0 Å². The molecule has 1 N–H and O–H groups in total. The second-order valence-electron chi connectivity index (χ2n) is 6.26. The number of para-hydroxylation sites is 1. The van der Waals surface area contributed by atoms with Crippen molar-refractivity contribution < 1.29 is 14.3 Å². The van der Waals surface area contributed by atoms with Crippen molar-refractivity contribution in [3.63, 3.8) is 0 Å². The number of aryl methyl sites for hydroxylation is 1. The van der Waals surface area contributed by atoms with Gasteiger partial charge in [-0.1, -0.05) is 30.3 Å². The minimum Gasteiger partial charge on any atom is -0.496 e. The van der Waals surface area contributed by atoms with Crippen molar-refractivity contribution in [1.29, 1.82) is 0 Å². The number of methoxy groups -OCH3 is 1. The predicted octanol–water partition coefficient (Wildman–Crippen LogP) is 3.37. The first-order valence-electron chi connectivity index (χ1n) is 8.53. The number of carbonyl (C=O) groups is 1. The van der Waals surface area contributed by atoms with Gasteiger partial charge in [0.2, 0.25) is 0 Å². The Morgan fingerprint density at radius 2 is 2.04 bits per heavy atom. The zero-order valence-electron chi connectivity index (χ0n) is 14.7. The first-order valence-corrected chi connectivity index (χ1v) is 8.53. The van der Waals surface area contributed by atoms with Crippen LogP contribution in [0.3, 0.4) is 0 Å². The number of benzene rings is 2. The van der Waals surface area contributed by atoms with Crippen molar-refractivity contribution in [2.75, 3.05) is 20.2 Å². The van der Waals surface area contributed by atoms with Crippen molar-refractivity contribution in [1.82, 2.24) is 10.2 Å². The third kappa shape index (κ3) is 4.44. The zero-order valence-corrected chi connectivity index (χ0v) is 14.7. The minimum atomic E-state index is -0.0678. The van der Waals surface area contributed by atoms with Gasteiger partial charge in [0.1, 0.15) is 17.6 Å². The Bertz CT molecular complexity index is 718. The van der Waals surface area contributed by atoms with Crippen LogP contribution in [-0.2, 0) is 6.54 Å². The van der Waals surface area contributed by atoms with E-state index in [0.717, 1.165) is 29.0 Å². The van der Waals surface area contributed by atoms with Crippen LogP contribution in [0.25, 0.3) is 0 Å². The van der Waals surface area contributed by atoms with Crippen LogP contribution < -0.4 is 14.8 Å². The summed E-state index contributed by atoms with van der Waals surface area (Å²) >= 11 is 0. The molecule has 132 valence electrons. The normalized spacial score (nSPS) is 16.6. The van der Waals surface area contributed by atoms with Crippen molar-refractivity contribution in [3.05, 3.63) is 59.7 Å². The lowest BCUT2D eigenvalue weighted by Gasteiger charge is -2.18. The molecule has 0 unspecified atom stereocenters. The molecule has 2 amide bonds. The molecule has 2 aromatic rings. The molecule has 5 heteroatoms. The molecule has 1 aliphatic rings. The van der Waals surface area contributed by atoms with Gasteiger partial charge in [-0.3, -0.25) is 0 Å². The van der Waals surface area contributed by atoms with Gasteiger partial charge in [0.05, 0.1) is 13.7 Å². The maximum Gasteiger partial charge on any atom is 0.317 e. The SMILES string of the molecule is COc1cc(C)ccc1CNC(=O)N1CC[C@@H](Oc2ccccc2)C1. The Balaban J connectivity index is 1.51. The molecular weight excluding hydrogens is 316 g/mol. The van der Waals surface area contributed by atoms with Gasteiger partial charge in [-0.2, -0.15) is 0 Å². The predicted molar refractivity (Wildman–Crippen MR) is 97.0 cm³/mol. The van der Waals surface area contributed by atoms with E-state index in [4.69, 9.17) is 9.47 Å². The minimum absolute atomic E-state index is 0.0436. The molecule has 25 heavy (non-hydrogen) atoms. The van der Waals surface area contributed by atoms with E-state index in [1.165, 1.54) is 0 Å². The number of likely N-dealkylation sites (tertiary alicyclic amines) is 1. The van der Waals surface area contributed by atoms with Gasteiger partial charge in [-0.05, 0) is 30.7 Å². The smallest absolute Gasteiger partial charge is 0.317 e. The molecule has 0 bridgehead atoms. The number of amides is 2. The van der Waals surface area contributed by atoms with E-state index in [-0.39, 0.29) is 12.1 Å². The maximum atomic E-state index is 12.4. The number of rotatable bonds is 5. The number of ether oxygens (including phenoxy) is 2. The molecule has 3 rings (SSSR count). The number of nitrogens with one attached hydrogen (secondary N) is 1. The standard InChI is InChI=1S/C20H24N2O3/c1-15-8-9-16(19(12-15)24-2)13-21-20(23)22-11-10-18(14-22)25-17-6-4-3-5-7-17/h3-9,12,18H,10-11,13-14H2,1-2H3,(H,21,23)/t18-/m1/s1. The number of hydrogen-bond donors (Lipinski definition) is 1. The second kappa shape index (κ2) is 7.92. The average Bonchev–Trinajstić information content (AvgIpc) is 3.09. The van der Waals surface area contributed by atoms with E-state index in [2.05, 4.69) is 5.32 Å². The number of hydrogen-bond acceptors (Lipinski definition) is 3. The highest BCUT2D eigenvalue weighted by Gasteiger charge is 2.27. The molecule has 1 aliphatic heterocycles. The Hall–Kier alpha value is -2.69. The van der Waals surface area contributed by atoms with Crippen LogP contribution in [0.15, 0.2) is 48.5 Å². The summed E-state index contributed by atoms with van der Waals surface area (Å²) in [5.41, 5.74) is 2.10. The third-order valence-corrected chi connectivity index (χ3v) is 4.35. The Kier molecular flexibility index (Phi) is 5.43. The highest BCUT2D eigenvalue weighted by atomic mass is 16.5. The molecule has 2 aromatic carbocycles. The van der Waals surface area contributed by atoms with E-state index in [1.807, 2.05) is 55.5 Å². The molecule has 1 atom stereocenters. The second-order valence-corrected chi connectivity index (χ2v) is 6.26. The summed E-state index contributed by atoms with van der Waals surface area (Å²) in [4.78, 5) is 14.2. The number of urea groups is 1. The molecule has 1 saturated heterocycles.